The molecule has 1 aromatic carbocycles. The lowest BCUT2D eigenvalue weighted by atomic mass is 10.1. The van der Waals surface area contributed by atoms with Crippen molar-refractivity contribution >= 4 is 5.69 Å². The number of hydrogen-bond donors (Lipinski definition) is 2. The average molecular weight is 220 g/mol. The SMILES string of the molecule is CCC(CC)Nc1cccc(C(C)NC)c1. The first-order valence-electron chi connectivity index (χ1n) is 6.25. The molecule has 16 heavy (non-hydrogen) atoms. The first-order chi connectivity index (χ1) is 7.71. The van der Waals surface area contributed by atoms with Gasteiger partial charge in [-0.25, -0.2) is 0 Å². The maximum absolute atomic E-state index is 3.57. The van der Waals surface area contributed by atoms with E-state index in [-0.39, 0.29) is 0 Å². The van der Waals surface area contributed by atoms with Gasteiger partial charge >= 0.3 is 0 Å². The van der Waals surface area contributed by atoms with E-state index in [0.717, 1.165) is 0 Å². The van der Waals surface area contributed by atoms with E-state index < -0.39 is 0 Å². The highest BCUT2D eigenvalue weighted by Crippen LogP contribution is 2.18. The van der Waals surface area contributed by atoms with Crippen molar-refractivity contribution in [2.75, 3.05) is 12.4 Å². The van der Waals surface area contributed by atoms with Crippen LogP contribution in [0.25, 0.3) is 0 Å². The van der Waals surface area contributed by atoms with Crippen LogP contribution >= 0.6 is 0 Å². The van der Waals surface area contributed by atoms with Crippen LogP contribution in [-0.4, -0.2) is 13.1 Å². The van der Waals surface area contributed by atoms with Crippen LogP contribution in [0.5, 0.6) is 0 Å². The fraction of sp³-hybridized carbons (Fsp3) is 0.571. The second-order valence-corrected chi connectivity index (χ2v) is 4.29. The molecule has 0 aliphatic heterocycles. The summed E-state index contributed by atoms with van der Waals surface area (Å²) in [6.07, 6.45) is 2.34. The van der Waals surface area contributed by atoms with Crippen LogP contribution < -0.4 is 10.6 Å². The number of nitrogens with one attached hydrogen (secondary N) is 2. The molecule has 0 saturated carbocycles. The molecule has 0 aromatic heterocycles. The molecule has 0 saturated heterocycles. The van der Waals surface area contributed by atoms with Crippen LogP contribution in [0, 0.1) is 0 Å². The van der Waals surface area contributed by atoms with E-state index in [2.05, 4.69) is 55.7 Å². The van der Waals surface area contributed by atoms with E-state index >= 15 is 0 Å². The van der Waals surface area contributed by atoms with Gasteiger partial charge in [-0.2, -0.15) is 0 Å². The monoisotopic (exact) mass is 220 g/mol. The van der Waals surface area contributed by atoms with Crippen molar-refractivity contribution in [3.05, 3.63) is 29.8 Å². The third kappa shape index (κ3) is 3.53. The van der Waals surface area contributed by atoms with Gasteiger partial charge in [0.1, 0.15) is 0 Å². The van der Waals surface area contributed by atoms with Crippen molar-refractivity contribution in [2.24, 2.45) is 0 Å². The van der Waals surface area contributed by atoms with Gasteiger partial charge in [0.05, 0.1) is 0 Å². The van der Waals surface area contributed by atoms with E-state index in [0.29, 0.717) is 12.1 Å². The Labute approximate surface area is 99.5 Å². The largest absolute Gasteiger partial charge is 0.382 e. The summed E-state index contributed by atoms with van der Waals surface area (Å²) in [4.78, 5) is 0. The molecule has 0 radical (unpaired) electrons. The summed E-state index contributed by atoms with van der Waals surface area (Å²) < 4.78 is 0. The Balaban J connectivity index is 2.74. The van der Waals surface area contributed by atoms with Crippen molar-refractivity contribution < 1.29 is 0 Å². The molecular formula is C14H24N2. The third-order valence-electron chi connectivity index (χ3n) is 3.18. The standard InChI is InChI=1S/C14H24N2/c1-5-13(6-2)16-14-9-7-8-12(10-14)11(3)15-4/h7-11,13,15-16H,5-6H2,1-4H3. The van der Waals surface area contributed by atoms with Crippen molar-refractivity contribution in [3.8, 4) is 0 Å². The van der Waals surface area contributed by atoms with Crippen molar-refractivity contribution in [3.63, 3.8) is 0 Å². The van der Waals surface area contributed by atoms with Gasteiger partial charge in [-0.15, -0.1) is 0 Å². The number of anilines is 1. The summed E-state index contributed by atoms with van der Waals surface area (Å²) in [6.45, 7) is 6.62. The smallest absolute Gasteiger partial charge is 0.0345 e. The number of benzene rings is 1. The zero-order chi connectivity index (χ0) is 12.0. The fourth-order valence-corrected chi connectivity index (χ4v) is 1.79. The van der Waals surface area contributed by atoms with Gasteiger partial charge in [0, 0.05) is 17.8 Å². The minimum Gasteiger partial charge on any atom is -0.382 e. The maximum Gasteiger partial charge on any atom is 0.0345 e. The molecule has 0 aliphatic carbocycles. The van der Waals surface area contributed by atoms with Gasteiger partial charge in [0.15, 0.2) is 0 Å². The first kappa shape index (κ1) is 13.0. The normalized spacial score (nSPS) is 12.8. The van der Waals surface area contributed by atoms with Gasteiger partial charge < -0.3 is 10.6 Å². The fourth-order valence-electron chi connectivity index (χ4n) is 1.79. The molecule has 2 heteroatoms. The van der Waals surface area contributed by atoms with Gasteiger partial charge in [-0.1, -0.05) is 26.0 Å². The molecular weight excluding hydrogens is 196 g/mol. The molecule has 1 atom stereocenters. The first-order valence-corrected chi connectivity index (χ1v) is 6.25. The van der Waals surface area contributed by atoms with Gasteiger partial charge in [0.25, 0.3) is 0 Å². The highest BCUT2D eigenvalue weighted by molar-refractivity contribution is 5.47. The third-order valence-corrected chi connectivity index (χ3v) is 3.18. The molecule has 2 N–H and O–H groups in total. The summed E-state index contributed by atoms with van der Waals surface area (Å²) in [5.41, 5.74) is 2.56. The lowest BCUT2D eigenvalue weighted by Gasteiger charge is -2.18. The van der Waals surface area contributed by atoms with E-state index in [9.17, 15) is 0 Å². The summed E-state index contributed by atoms with van der Waals surface area (Å²) in [6, 6.07) is 9.65. The van der Waals surface area contributed by atoms with Crippen LogP contribution in [-0.2, 0) is 0 Å². The van der Waals surface area contributed by atoms with E-state index in [1.807, 2.05) is 7.05 Å². The molecule has 0 amide bonds. The van der Waals surface area contributed by atoms with Crippen molar-refractivity contribution in [1.29, 1.82) is 0 Å². The Hall–Kier alpha value is -1.02. The number of hydrogen-bond acceptors (Lipinski definition) is 2. The predicted molar refractivity (Wildman–Crippen MR) is 71.9 cm³/mol. The quantitative estimate of drug-likeness (QED) is 0.766. The highest BCUT2D eigenvalue weighted by Gasteiger charge is 2.05. The van der Waals surface area contributed by atoms with Crippen LogP contribution in [0.2, 0.25) is 0 Å². The van der Waals surface area contributed by atoms with Crippen molar-refractivity contribution in [2.45, 2.75) is 45.7 Å². The highest BCUT2D eigenvalue weighted by atomic mass is 14.9. The Bertz CT molecular complexity index is 305. The lowest BCUT2D eigenvalue weighted by molar-refractivity contribution is 0.650. The van der Waals surface area contributed by atoms with Crippen LogP contribution in [0.3, 0.4) is 0 Å². The second-order valence-electron chi connectivity index (χ2n) is 4.29. The molecule has 0 heterocycles. The van der Waals surface area contributed by atoms with E-state index in [1.165, 1.54) is 24.1 Å². The number of rotatable bonds is 6. The van der Waals surface area contributed by atoms with E-state index in [1.54, 1.807) is 0 Å². The zero-order valence-electron chi connectivity index (χ0n) is 10.9. The molecule has 0 aliphatic rings. The Morgan fingerprint density at radius 3 is 2.44 bits per heavy atom. The molecule has 1 unspecified atom stereocenters. The minimum atomic E-state index is 0.406. The minimum absolute atomic E-state index is 0.406. The molecule has 0 fully saturated rings. The Morgan fingerprint density at radius 2 is 1.88 bits per heavy atom. The van der Waals surface area contributed by atoms with Crippen LogP contribution in [0.15, 0.2) is 24.3 Å². The lowest BCUT2D eigenvalue weighted by Crippen LogP contribution is -2.17. The molecule has 1 aromatic rings. The van der Waals surface area contributed by atoms with Gasteiger partial charge in [-0.3, -0.25) is 0 Å². The topological polar surface area (TPSA) is 24.1 Å². The summed E-state index contributed by atoms with van der Waals surface area (Å²) in [7, 11) is 1.99. The van der Waals surface area contributed by atoms with Gasteiger partial charge in [-0.05, 0) is 44.5 Å². The predicted octanol–water partition coefficient (Wildman–Crippen LogP) is 3.57. The van der Waals surface area contributed by atoms with E-state index in [4.69, 9.17) is 0 Å². The Kier molecular flexibility index (Phi) is 5.33. The molecule has 2 nitrogen and oxygen atoms in total. The zero-order valence-corrected chi connectivity index (χ0v) is 10.9. The summed E-state index contributed by atoms with van der Waals surface area (Å²) >= 11 is 0. The maximum atomic E-state index is 3.57. The molecule has 0 spiro atoms. The molecule has 1 rings (SSSR count). The average Bonchev–Trinajstić information content (AvgIpc) is 2.35. The molecule has 0 bridgehead atoms. The molecule has 90 valence electrons. The Morgan fingerprint density at radius 1 is 1.19 bits per heavy atom. The second kappa shape index (κ2) is 6.54. The van der Waals surface area contributed by atoms with Crippen molar-refractivity contribution in [1.82, 2.24) is 5.32 Å². The van der Waals surface area contributed by atoms with Gasteiger partial charge in [0.2, 0.25) is 0 Å². The summed E-state index contributed by atoms with van der Waals surface area (Å²) in [5, 5.41) is 6.83. The van der Waals surface area contributed by atoms with Crippen LogP contribution in [0.1, 0.15) is 45.2 Å². The summed E-state index contributed by atoms with van der Waals surface area (Å²) in [5.74, 6) is 0. The van der Waals surface area contributed by atoms with Crippen LogP contribution in [0.4, 0.5) is 5.69 Å².